The van der Waals surface area contributed by atoms with E-state index in [2.05, 4.69) is 21.4 Å². The van der Waals surface area contributed by atoms with Crippen molar-refractivity contribution in [1.29, 1.82) is 0 Å². The fraction of sp³-hybridized carbons (Fsp3) is 0.0800. The highest BCUT2D eigenvalue weighted by atomic mass is 79.9. The number of carbonyl (C=O) groups excluding carboxylic acids is 2. The molecular weight excluding hydrogens is 556 g/mol. The number of ether oxygens (including phenoxy) is 1. The van der Waals surface area contributed by atoms with Gasteiger partial charge in [0.15, 0.2) is 4.32 Å². The molecule has 0 radical (unpaired) electrons. The molecule has 34 heavy (non-hydrogen) atoms. The second-order valence-electron chi connectivity index (χ2n) is 7.41. The smallest absolute Gasteiger partial charge is 0.285 e. The number of rotatable bonds is 6. The van der Waals surface area contributed by atoms with Gasteiger partial charge in [0, 0.05) is 0 Å². The third-order valence-corrected chi connectivity index (χ3v) is 7.10. The predicted octanol–water partition coefficient (Wildman–Crippen LogP) is 6.54. The van der Waals surface area contributed by atoms with E-state index in [0.29, 0.717) is 22.3 Å². The summed E-state index contributed by atoms with van der Waals surface area (Å²) in [6.07, 6.45) is 1.72. The van der Waals surface area contributed by atoms with Crippen LogP contribution in [-0.4, -0.2) is 21.1 Å². The molecule has 1 heterocycles. The Bertz CT molecular complexity index is 1310. The molecule has 1 aliphatic rings. The minimum atomic E-state index is -0.509. The van der Waals surface area contributed by atoms with Crippen LogP contribution in [0.4, 0.5) is 0 Å². The quantitative estimate of drug-likeness (QED) is 0.268. The number of hydrogen-bond donors (Lipinski definition) is 1. The summed E-state index contributed by atoms with van der Waals surface area (Å²) >= 11 is 16.1. The summed E-state index contributed by atoms with van der Waals surface area (Å²) in [6, 6.07) is 20.5. The van der Waals surface area contributed by atoms with Crippen molar-refractivity contribution in [2.75, 3.05) is 0 Å². The molecule has 2 amide bonds. The number of halogens is 2. The Morgan fingerprint density at radius 1 is 1.18 bits per heavy atom. The van der Waals surface area contributed by atoms with E-state index in [4.69, 9.17) is 28.6 Å². The van der Waals surface area contributed by atoms with Crippen molar-refractivity contribution in [2.45, 2.75) is 13.5 Å². The van der Waals surface area contributed by atoms with Crippen molar-refractivity contribution in [3.63, 3.8) is 0 Å². The van der Waals surface area contributed by atoms with Gasteiger partial charge in [-0.05, 0) is 82.1 Å². The number of hydrazine groups is 1. The van der Waals surface area contributed by atoms with Crippen LogP contribution in [0.2, 0.25) is 5.02 Å². The van der Waals surface area contributed by atoms with Gasteiger partial charge in [-0.15, -0.1) is 0 Å². The van der Waals surface area contributed by atoms with Crippen molar-refractivity contribution in [1.82, 2.24) is 10.4 Å². The second-order valence-corrected chi connectivity index (χ2v) is 10.3. The maximum atomic E-state index is 12.9. The maximum absolute atomic E-state index is 12.9. The molecule has 0 atom stereocenters. The Morgan fingerprint density at radius 3 is 2.65 bits per heavy atom. The number of benzene rings is 3. The normalized spacial score (nSPS) is 14.6. The zero-order chi connectivity index (χ0) is 24.2. The molecule has 1 fully saturated rings. The molecule has 0 bridgehead atoms. The zero-order valence-corrected chi connectivity index (χ0v) is 21.9. The lowest BCUT2D eigenvalue weighted by Gasteiger charge is -2.16. The molecule has 172 valence electrons. The highest BCUT2D eigenvalue weighted by Gasteiger charge is 2.34. The van der Waals surface area contributed by atoms with E-state index >= 15 is 0 Å². The van der Waals surface area contributed by atoms with E-state index in [1.165, 1.54) is 0 Å². The van der Waals surface area contributed by atoms with Crippen molar-refractivity contribution in [3.05, 3.63) is 103 Å². The summed E-state index contributed by atoms with van der Waals surface area (Å²) in [5.41, 5.74) is 5.59. The molecule has 0 saturated carbocycles. The maximum Gasteiger partial charge on any atom is 0.285 e. The first-order valence-electron chi connectivity index (χ1n) is 10.1. The van der Waals surface area contributed by atoms with Crippen LogP contribution in [0.3, 0.4) is 0 Å². The number of thioether (sulfide) groups is 1. The van der Waals surface area contributed by atoms with Gasteiger partial charge < -0.3 is 4.74 Å². The van der Waals surface area contributed by atoms with E-state index in [0.717, 1.165) is 37.9 Å². The van der Waals surface area contributed by atoms with E-state index in [-0.39, 0.29) is 9.88 Å². The van der Waals surface area contributed by atoms with Gasteiger partial charge in [0.25, 0.3) is 11.8 Å². The fourth-order valence-corrected chi connectivity index (χ4v) is 5.15. The second kappa shape index (κ2) is 10.7. The lowest BCUT2D eigenvalue weighted by molar-refractivity contribution is -0.123. The first-order chi connectivity index (χ1) is 16.3. The molecule has 0 unspecified atom stereocenters. The van der Waals surface area contributed by atoms with Crippen molar-refractivity contribution in [3.8, 4) is 5.75 Å². The molecule has 1 aliphatic heterocycles. The minimum absolute atomic E-state index is 0.231. The largest absolute Gasteiger partial charge is 0.488 e. The summed E-state index contributed by atoms with van der Waals surface area (Å²) in [4.78, 5) is 25.9. The molecule has 1 N–H and O–H groups in total. The minimum Gasteiger partial charge on any atom is -0.488 e. The summed E-state index contributed by atoms with van der Waals surface area (Å²) < 4.78 is 6.87. The van der Waals surface area contributed by atoms with Crippen molar-refractivity contribution >= 4 is 73.7 Å². The molecule has 3 aromatic rings. The van der Waals surface area contributed by atoms with E-state index in [9.17, 15) is 9.59 Å². The standard InChI is InChI=1S/C25H18BrClN2O3S2/c1-15-7-9-18(20(27)11-15)23(30)28-29-24(31)22(34-25(29)33)13-17-8-10-21(19(26)12-17)32-14-16-5-3-2-4-6-16/h2-13H,14H2,1H3,(H,28,30)/b22-13+. The van der Waals surface area contributed by atoms with Crippen molar-refractivity contribution in [2.24, 2.45) is 0 Å². The van der Waals surface area contributed by atoms with E-state index < -0.39 is 11.8 Å². The van der Waals surface area contributed by atoms with Gasteiger partial charge in [0.1, 0.15) is 12.4 Å². The Labute approximate surface area is 220 Å². The summed E-state index contributed by atoms with van der Waals surface area (Å²) in [5.74, 6) is -0.229. The monoisotopic (exact) mass is 572 g/mol. The lowest BCUT2D eigenvalue weighted by atomic mass is 10.1. The van der Waals surface area contributed by atoms with Crippen LogP contribution in [0.1, 0.15) is 27.0 Å². The first-order valence-corrected chi connectivity index (χ1v) is 12.5. The molecular formula is C25H18BrClN2O3S2. The zero-order valence-electron chi connectivity index (χ0n) is 17.9. The fourth-order valence-electron chi connectivity index (χ4n) is 3.14. The summed E-state index contributed by atoms with van der Waals surface area (Å²) in [6.45, 7) is 2.32. The van der Waals surface area contributed by atoms with Gasteiger partial charge in [0.05, 0.1) is 20.0 Å². The third-order valence-electron chi connectivity index (χ3n) is 4.87. The average Bonchev–Trinajstić information content (AvgIpc) is 3.06. The topological polar surface area (TPSA) is 58.6 Å². The van der Waals surface area contributed by atoms with Crippen LogP contribution < -0.4 is 10.2 Å². The number of aryl methyl sites for hydroxylation is 1. The third kappa shape index (κ3) is 5.70. The Kier molecular flexibility index (Phi) is 7.73. The van der Waals surface area contributed by atoms with E-state index in [1.54, 1.807) is 24.3 Å². The number of thiocarbonyl (C=S) groups is 1. The van der Waals surface area contributed by atoms with Gasteiger partial charge in [-0.25, -0.2) is 0 Å². The molecule has 0 aromatic heterocycles. The van der Waals surface area contributed by atoms with Gasteiger partial charge in [-0.1, -0.05) is 65.8 Å². The van der Waals surface area contributed by atoms with E-state index in [1.807, 2.05) is 55.5 Å². The molecule has 0 aliphatic carbocycles. The molecule has 1 saturated heterocycles. The molecule has 5 nitrogen and oxygen atoms in total. The highest BCUT2D eigenvalue weighted by molar-refractivity contribution is 9.10. The Hall–Kier alpha value is -2.65. The number of nitrogens with one attached hydrogen (secondary N) is 1. The number of hydrogen-bond acceptors (Lipinski definition) is 5. The number of nitrogens with zero attached hydrogens (tertiary/aromatic N) is 1. The molecule has 3 aromatic carbocycles. The number of amides is 2. The first kappa shape index (κ1) is 24.5. The lowest BCUT2D eigenvalue weighted by Crippen LogP contribution is -2.44. The van der Waals surface area contributed by atoms with Crippen LogP contribution in [0.15, 0.2) is 76.1 Å². The SMILES string of the molecule is Cc1ccc(C(=O)NN2C(=O)/C(=C\c3ccc(OCc4ccccc4)c(Br)c3)SC2=S)c(Cl)c1. The molecule has 4 rings (SSSR count). The summed E-state index contributed by atoms with van der Waals surface area (Å²) in [5, 5.41) is 1.37. The van der Waals surface area contributed by atoms with Gasteiger partial charge in [-0.3, -0.25) is 15.0 Å². The van der Waals surface area contributed by atoms with Crippen molar-refractivity contribution < 1.29 is 14.3 Å². The van der Waals surface area contributed by atoms with Gasteiger partial charge in [0.2, 0.25) is 0 Å². The van der Waals surface area contributed by atoms with Crippen LogP contribution in [-0.2, 0) is 11.4 Å². The number of carbonyl (C=O) groups is 2. The summed E-state index contributed by atoms with van der Waals surface area (Å²) in [7, 11) is 0. The van der Waals surface area contributed by atoms with Crippen LogP contribution in [0.5, 0.6) is 5.75 Å². The predicted molar refractivity (Wildman–Crippen MR) is 144 cm³/mol. The highest BCUT2D eigenvalue weighted by Crippen LogP contribution is 2.33. The molecule has 9 heteroatoms. The Morgan fingerprint density at radius 2 is 1.94 bits per heavy atom. The Balaban J connectivity index is 1.45. The average molecular weight is 574 g/mol. The van der Waals surface area contributed by atoms with Gasteiger partial charge >= 0.3 is 0 Å². The van der Waals surface area contributed by atoms with Gasteiger partial charge in [-0.2, -0.15) is 5.01 Å². The van der Waals surface area contributed by atoms with Crippen LogP contribution in [0.25, 0.3) is 6.08 Å². The molecule has 0 spiro atoms. The van der Waals surface area contributed by atoms with Crippen LogP contribution in [0, 0.1) is 6.92 Å². The van der Waals surface area contributed by atoms with Crippen LogP contribution >= 0.6 is 51.5 Å².